The van der Waals surface area contributed by atoms with Gasteiger partial charge >= 0.3 is 6.09 Å². The lowest BCUT2D eigenvalue weighted by Crippen LogP contribution is -2.59. The van der Waals surface area contributed by atoms with Crippen molar-refractivity contribution in [2.75, 3.05) is 19.7 Å². The number of Topliss-reactive ketones (excluding diaryl/α,β-unsaturated/α-hetero) is 1. The molecule has 1 heterocycles. The Labute approximate surface area is 266 Å². The number of hydrogen-bond donors (Lipinski definition) is 3. The summed E-state index contributed by atoms with van der Waals surface area (Å²) in [5.74, 6) is -2.66. The molecule has 5 atom stereocenters. The normalized spacial score (nSPS) is 22.7. The number of fused-ring (bicyclic) bond motifs is 2. The van der Waals surface area contributed by atoms with Gasteiger partial charge < -0.3 is 25.6 Å². The lowest BCUT2D eigenvalue weighted by molar-refractivity contribution is -0.144. The summed E-state index contributed by atoms with van der Waals surface area (Å²) in [7, 11) is 0. The molecule has 3 aliphatic rings. The molecule has 45 heavy (non-hydrogen) atoms. The molecule has 4 amide bonds. The van der Waals surface area contributed by atoms with Gasteiger partial charge in [0.25, 0.3) is 5.91 Å². The molecule has 2 fully saturated rings. The van der Waals surface area contributed by atoms with Gasteiger partial charge in [0.1, 0.15) is 12.1 Å². The van der Waals surface area contributed by atoms with Crippen LogP contribution in [0.5, 0.6) is 0 Å². The van der Waals surface area contributed by atoms with Gasteiger partial charge in [0.15, 0.2) is 0 Å². The number of likely N-dealkylation sites (tertiary alicyclic amines) is 1. The highest BCUT2D eigenvalue weighted by molar-refractivity contribution is 6.38. The monoisotopic (exact) mass is 620 g/mol. The molecule has 4 rings (SSSR count). The van der Waals surface area contributed by atoms with Crippen LogP contribution in [-0.4, -0.2) is 72.3 Å². The Balaban J connectivity index is 1.58. The van der Waals surface area contributed by atoms with Crippen molar-refractivity contribution in [2.45, 2.75) is 78.4 Å². The summed E-state index contributed by atoms with van der Waals surface area (Å²) >= 11 is 0. The number of alkyl carbamates (subject to hydrolysis) is 1. The molecule has 1 saturated heterocycles. The largest absolute Gasteiger partial charge is 0.449 e. The zero-order valence-electron chi connectivity index (χ0n) is 27.2. The third-order valence-electron chi connectivity index (χ3n) is 9.41. The Kier molecular flexibility index (Phi) is 10.2. The molecule has 2 aliphatic carbocycles. The van der Waals surface area contributed by atoms with E-state index in [2.05, 4.69) is 43.0 Å². The summed E-state index contributed by atoms with van der Waals surface area (Å²) in [6.07, 6.45) is 4.21. The number of allylic oxidation sites excluding steroid dienone is 1. The molecule has 1 saturated carbocycles. The van der Waals surface area contributed by atoms with E-state index < -0.39 is 41.8 Å². The number of carbonyl (C=O) groups is 5. The average Bonchev–Trinajstić information content (AvgIpc) is 3.36. The number of nitrogens with zero attached hydrogens (tertiary/aromatic N) is 1. The summed E-state index contributed by atoms with van der Waals surface area (Å²) in [6.45, 7) is 17.9. The van der Waals surface area contributed by atoms with E-state index in [1.807, 2.05) is 45.0 Å². The third kappa shape index (κ3) is 7.65. The van der Waals surface area contributed by atoms with Crippen molar-refractivity contribution in [1.29, 1.82) is 0 Å². The molecule has 1 aliphatic heterocycles. The van der Waals surface area contributed by atoms with Crippen LogP contribution in [0, 0.1) is 28.6 Å². The van der Waals surface area contributed by atoms with Crippen LogP contribution in [0.3, 0.4) is 0 Å². The Morgan fingerprint density at radius 2 is 1.69 bits per heavy atom. The van der Waals surface area contributed by atoms with Crippen LogP contribution in [0.15, 0.2) is 49.6 Å². The van der Waals surface area contributed by atoms with Crippen LogP contribution in [0.25, 0.3) is 0 Å². The number of piperidine rings is 1. The second-order valence-electron chi connectivity index (χ2n) is 14.4. The second kappa shape index (κ2) is 13.6. The molecule has 10 heteroatoms. The molecule has 10 nitrogen and oxygen atoms in total. The van der Waals surface area contributed by atoms with Gasteiger partial charge in [-0.05, 0) is 65.4 Å². The number of benzene rings is 1. The first-order valence-corrected chi connectivity index (χ1v) is 15.8. The van der Waals surface area contributed by atoms with Crippen LogP contribution < -0.4 is 16.0 Å². The van der Waals surface area contributed by atoms with Gasteiger partial charge in [-0.2, -0.15) is 0 Å². The van der Waals surface area contributed by atoms with Gasteiger partial charge in [0, 0.05) is 13.1 Å². The molecule has 1 aromatic rings. The molecule has 3 N–H and O–H groups in total. The minimum Gasteiger partial charge on any atom is -0.449 e. The van der Waals surface area contributed by atoms with E-state index in [4.69, 9.17) is 4.74 Å². The third-order valence-corrected chi connectivity index (χ3v) is 9.41. The van der Waals surface area contributed by atoms with Gasteiger partial charge in [-0.3, -0.25) is 19.2 Å². The van der Waals surface area contributed by atoms with Crippen LogP contribution in [0.4, 0.5) is 4.79 Å². The number of carbonyl (C=O) groups excluding carboxylic acids is 5. The van der Waals surface area contributed by atoms with Crippen molar-refractivity contribution in [3.63, 3.8) is 0 Å². The molecule has 0 radical (unpaired) electrons. The lowest BCUT2D eigenvalue weighted by Gasteiger charge is -2.35. The second-order valence-corrected chi connectivity index (χ2v) is 14.4. The van der Waals surface area contributed by atoms with Crippen molar-refractivity contribution in [2.24, 2.45) is 28.6 Å². The summed E-state index contributed by atoms with van der Waals surface area (Å²) in [6, 6.07) is 5.13. The Hall–Kier alpha value is -3.95. The van der Waals surface area contributed by atoms with Crippen molar-refractivity contribution in [1.82, 2.24) is 20.9 Å². The fourth-order valence-electron chi connectivity index (χ4n) is 6.87. The number of hydrogen-bond acceptors (Lipinski definition) is 6. The minimum absolute atomic E-state index is 0.0877. The number of rotatable bonds is 13. The first kappa shape index (κ1) is 33.9. The molecule has 244 valence electrons. The van der Waals surface area contributed by atoms with Crippen LogP contribution in [-0.2, 0) is 36.8 Å². The SMILES string of the molecule is C=CCCC(NC(=O)[C@@H]1[C@@H]2[C@H](CN1C(=O)[C@@H](NC(=O)OCC(C)(C)C)C1Cc3ccccc3C1)C2(C)C)C(=O)C(=O)NCC=C. The van der Waals surface area contributed by atoms with E-state index in [0.717, 1.165) is 11.1 Å². The minimum atomic E-state index is -1.08. The van der Waals surface area contributed by atoms with Crippen LogP contribution in [0.2, 0.25) is 0 Å². The van der Waals surface area contributed by atoms with Crippen LogP contribution >= 0.6 is 0 Å². The van der Waals surface area contributed by atoms with E-state index in [-0.39, 0.29) is 54.1 Å². The van der Waals surface area contributed by atoms with E-state index >= 15 is 0 Å². The Morgan fingerprint density at radius 3 is 2.27 bits per heavy atom. The standard InChI is InChI=1S/C35H48N4O6/c1-8-10-15-25(29(40)31(42)36-16-9-2)37-30(41)28-26-24(35(26,6)7)19-39(28)32(43)27(38-33(44)45-20-34(3,4)5)23-17-21-13-11-12-14-22(21)18-23/h8-9,11-14,23-28H,1-2,10,15-20H2,3-7H3,(H,36,42)(H,37,41)(H,38,44)/t24-,25?,26-,27-,28-/m0/s1. The maximum Gasteiger partial charge on any atom is 0.407 e. The van der Waals surface area contributed by atoms with Crippen molar-refractivity contribution >= 4 is 29.6 Å². The van der Waals surface area contributed by atoms with E-state index in [1.54, 1.807) is 11.0 Å². The molecule has 0 spiro atoms. The molecule has 1 aromatic carbocycles. The van der Waals surface area contributed by atoms with Crippen LogP contribution in [0.1, 0.15) is 58.6 Å². The summed E-state index contributed by atoms with van der Waals surface area (Å²) < 4.78 is 5.50. The number of ketones is 1. The molecular formula is C35H48N4O6. The molecular weight excluding hydrogens is 572 g/mol. The fraction of sp³-hybridized carbons (Fsp3) is 0.571. The molecule has 1 unspecified atom stereocenters. The van der Waals surface area contributed by atoms with Crippen molar-refractivity contribution in [3.05, 3.63) is 60.7 Å². The van der Waals surface area contributed by atoms with E-state index in [0.29, 0.717) is 25.8 Å². The predicted molar refractivity (Wildman–Crippen MR) is 171 cm³/mol. The maximum atomic E-state index is 14.5. The molecule has 0 bridgehead atoms. The lowest BCUT2D eigenvalue weighted by atomic mass is 9.93. The number of ether oxygens (including phenoxy) is 1. The zero-order valence-corrected chi connectivity index (χ0v) is 27.2. The highest BCUT2D eigenvalue weighted by atomic mass is 16.5. The van der Waals surface area contributed by atoms with Gasteiger partial charge in [0.2, 0.25) is 17.6 Å². The predicted octanol–water partition coefficient (Wildman–Crippen LogP) is 3.35. The highest BCUT2D eigenvalue weighted by Crippen LogP contribution is 2.65. The Morgan fingerprint density at radius 1 is 1.04 bits per heavy atom. The quantitative estimate of drug-likeness (QED) is 0.229. The van der Waals surface area contributed by atoms with Gasteiger partial charge in [-0.15, -0.1) is 13.2 Å². The number of amides is 4. The fourth-order valence-corrected chi connectivity index (χ4v) is 6.87. The maximum absolute atomic E-state index is 14.5. The first-order chi connectivity index (χ1) is 21.2. The average molecular weight is 621 g/mol. The molecule has 0 aromatic heterocycles. The highest BCUT2D eigenvalue weighted by Gasteiger charge is 2.69. The van der Waals surface area contributed by atoms with E-state index in [1.165, 1.54) is 6.08 Å². The van der Waals surface area contributed by atoms with E-state index in [9.17, 15) is 24.0 Å². The first-order valence-electron chi connectivity index (χ1n) is 15.8. The Bertz CT molecular complexity index is 1320. The number of nitrogens with one attached hydrogen (secondary N) is 3. The van der Waals surface area contributed by atoms with Crippen molar-refractivity contribution < 1.29 is 28.7 Å². The summed E-state index contributed by atoms with van der Waals surface area (Å²) in [5, 5.41) is 8.15. The zero-order chi connectivity index (χ0) is 33.1. The van der Waals surface area contributed by atoms with Gasteiger partial charge in [-0.25, -0.2) is 4.79 Å². The van der Waals surface area contributed by atoms with Gasteiger partial charge in [-0.1, -0.05) is 71.0 Å². The topological polar surface area (TPSA) is 134 Å². The smallest absolute Gasteiger partial charge is 0.407 e. The summed E-state index contributed by atoms with van der Waals surface area (Å²) in [4.78, 5) is 68.6. The van der Waals surface area contributed by atoms with Gasteiger partial charge in [0.05, 0.1) is 12.6 Å². The van der Waals surface area contributed by atoms with Crippen molar-refractivity contribution in [3.8, 4) is 0 Å². The summed E-state index contributed by atoms with van der Waals surface area (Å²) in [5.41, 5.74) is 1.82.